The molecule has 0 fully saturated rings. The van der Waals surface area contributed by atoms with E-state index >= 15 is 0 Å². The number of benzene rings is 2. The molecule has 3 rings (SSSR count). The van der Waals surface area contributed by atoms with Crippen LogP contribution in [0.25, 0.3) is 22.2 Å². The highest BCUT2D eigenvalue weighted by Crippen LogP contribution is 2.37. The van der Waals surface area contributed by atoms with E-state index in [1.54, 1.807) is 0 Å². The van der Waals surface area contributed by atoms with Gasteiger partial charge in [-0.1, -0.05) is 15.9 Å². The molecule has 0 aliphatic heterocycles. The van der Waals surface area contributed by atoms with Gasteiger partial charge in [0.15, 0.2) is 0 Å². The predicted molar refractivity (Wildman–Crippen MR) is 96.9 cm³/mol. The number of aryl methyl sites for hydroxylation is 1. The van der Waals surface area contributed by atoms with Crippen molar-refractivity contribution in [2.45, 2.75) is 33.1 Å². The van der Waals surface area contributed by atoms with Crippen molar-refractivity contribution in [1.82, 2.24) is 4.98 Å². The van der Waals surface area contributed by atoms with E-state index in [-0.39, 0.29) is 6.10 Å². The average molecular weight is 412 g/mol. The highest BCUT2D eigenvalue weighted by molar-refractivity contribution is 9.10. The maximum atomic E-state index is 13.0. The van der Waals surface area contributed by atoms with Gasteiger partial charge in [0.1, 0.15) is 5.75 Å². The number of rotatable bonds is 3. The molecule has 0 radical (unpaired) electrons. The molecule has 0 bridgehead atoms. The lowest BCUT2D eigenvalue weighted by Crippen LogP contribution is -2.05. The van der Waals surface area contributed by atoms with Crippen molar-refractivity contribution < 1.29 is 17.9 Å². The summed E-state index contributed by atoms with van der Waals surface area (Å²) < 4.78 is 45.5. The van der Waals surface area contributed by atoms with Gasteiger partial charge in [-0.25, -0.2) is 0 Å². The molecule has 1 aromatic heterocycles. The van der Waals surface area contributed by atoms with E-state index in [9.17, 15) is 13.2 Å². The molecule has 2 aromatic carbocycles. The second-order valence-electron chi connectivity index (χ2n) is 6.23. The molecule has 0 atom stereocenters. The number of fused-ring (bicyclic) bond motifs is 1. The van der Waals surface area contributed by atoms with Crippen LogP contribution in [0.3, 0.4) is 0 Å². The molecule has 25 heavy (non-hydrogen) atoms. The number of nitrogens with one attached hydrogen (secondary N) is 1. The number of hydrogen-bond donors (Lipinski definition) is 1. The zero-order valence-corrected chi connectivity index (χ0v) is 15.5. The smallest absolute Gasteiger partial charge is 0.416 e. The molecule has 0 amide bonds. The Morgan fingerprint density at radius 3 is 2.44 bits per heavy atom. The summed E-state index contributed by atoms with van der Waals surface area (Å²) in [6, 6.07) is 9.41. The summed E-state index contributed by atoms with van der Waals surface area (Å²) in [6.45, 7) is 5.69. The second kappa shape index (κ2) is 6.41. The van der Waals surface area contributed by atoms with Crippen LogP contribution >= 0.6 is 15.9 Å². The van der Waals surface area contributed by atoms with Crippen molar-refractivity contribution in [3.63, 3.8) is 0 Å². The van der Waals surface area contributed by atoms with Crippen LogP contribution in [0.4, 0.5) is 13.2 Å². The average Bonchev–Trinajstić information content (AvgIpc) is 2.82. The number of ether oxygens (including phenoxy) is 1. The molecule has 6 heteroatoms. The molecular weight excluding hydrogens is 395 g/mol. The largest absolute Gasteiger partial charge is 0.491 e. The number of H-pyrrole nitrogens is 1. The van der Waals surface area contributed by atoms with E-state index in [4.69, 9.17) is 4.74 Å². The molecule has 132 valence electrons. The van der Waals surface area contributed by atoms with Crippen LogP contribution in [0, 0.1) is 6.92 Å². The molecule has 1 heterocycles. The molecule has 0 unspecified atom stereocenters. The SMILES string of the molecule is Cc1c(-c2cc(Br)cc(OC(C)C)c2)[nH]c2ccc(C(F)(F)F)cc12. The van der Waals surface area contributed by atoms with E-state index < -0.39 is 11.7 Å². The van der Waals surface area contributed by atoms with Crippen molar-refractivity contribution in [1.29, 1.82) is 0 Å². The van der Waals surface area contributed by atoms with Crippen molar-refractivity contribution >= 4 is 26.8 Å². The van der Waals surface area contributed by atoms with Crippen LogP contribution < -0.4 is 4.74 Å². The lowest BCUT2D eigenvalue weighted by molar-refractivity contribution is -0.137. The van der Waals surface area contributed by atoms with Gasteiger partial charge in [-0.15, -0.1) is 0 Å². The minimum absolute atomic E-state index is 0.0281. The molecule has 1 N–H and O–H groups in total. The van der Waals surface area contributed by atoms with Crippen LogP contribution in [0.15, 0.2) is 40.9 Å². The Bertz CT molecular complexity index is 928. The molecule has 0 aliphatic carbocycles. The first kappa shape index (κ1) is 17.9. The topological polar surface area (TPSA) is 25.0 Å². The van der Waals surface area contributed by atoms with E-state index in [1.807, 2.05) is 39.0 Å². The zero-order valence-electron chi connectivity index (χ0n) is 14.0. The van der Waals surface area contributed by atoms with Crippen molar-refractivity contribution in [3.8, 4) is 17.0 Å². The first-order valence-electron chi connectivity index (χ1n) is 7.82. The van der Waals surface area contributed by atoms with Gasteiger partial charge in [0, 0.05) is 26.6 Å². The third-order valence-corrected chi connectivity index (χ3v) is 4.38. The number of halogens is 4. The van der Waals surface area contributed by atoms with Gasteiger partial charge in [0.05, 0.1) is 11.7 Å². The molecule has 0 aliphatic rings. The molecule has 3 aromatic rings. The highest BCUT2D eigenvalue weighted by Gasteiger charge is 2.30. The summed E-state index contributed by atoms with van der Waals surface area (Å²) in [5, 5.41) is 0.566. The summed E-state index contributed by atoms with van der Waals surface area (Å²) in [7, 11) is 0. The quantitative estimate of drug-likeness (QED) is 0.508. The Morgan fingerprint density at radius 1 is 1.08 bits per heavy atom. The first-order valence-corrected chi connectivity index (χ1v) is 8.61. The Balaban J connectivity index is 2.13. The molecule has 2 nitrogen and oxygen atoms in total. The summed E-state index contributed by atoms with van der Waals surface area (Å²) in [5.41, 5.74) is 2.43. The first-order chi connectivity index (χ1) is 11.6. The molecular formula is C19H17BrF3NO. The van der Waals surface area contributed by atoms with E-state index in [2.05, 4.69) is 20.9 Å². The number of hydrogen-bond acceptors (Lipinski definition) is 1. The Morgan fingerprint density at radius 2 is 1.80 bits per heavy atom. The van der Waals surface area contributed by atoms with Crippen LogP contribution in [0.1, 0.15) is 25.0 Å². The fourth-order valence-electron chi connectivity index (χ4n) is 2.84. The summed E-state index contributed by atoms with van der Waals surface area (Å²) in [4.78, 5) is 3.22. The molecule has 0 spiro atoms. The van der Waals surface area contributed by atoms with Gasteiger partial charge in [0.25, 0.3) is 0 Å². The van der Waals surface area contributed by atoms with Crippen LogP contribution in [-0.2, 0) is 6.18 Å². The van der Waals surface area contributed by atoms with Gasteiger partial charge in [0.2, 0.25) is 0 Å². The lowest BCUT2D eigenvalue weighted by Gasteiger charge is -2.12. The minimum atomic E-state index is -4.36. The Hall–Kier alpha value is -1.95. The molecule has 0 saturated heterocycles. The highest BCUT2D eigenvalue weighted by atomic mass is 79.9. The standard InChI is InChI=1S/C19H17BrF3NO/c1-10(2)25-15-7-12(6-14(20)9-15)18-11(3)16-8-13(19(21,22)23)4-5-17(16)24-18/h4-10,24H,1-3H3. The maximum absolute atomic E-state index is 13.0. The van der Waals surface area contributed by atoms with Crippen molar-refractivity contribution in [2.24, 2.45) is 0 Å². The van der Waals surface area contributed by atoms with Gasteiger partial charge in [-0.3, -0.25) is 0 Å². The fraction of sp³-hybridized carbons (Fsp3) is 0.263. The van der Waals surface area contributed by atoms with Crippen LogP contribution in [-0.4, -0.2) is 11.1 Å². The number of aromatic nitrogens is 1. The number of alkyl halides is 3. The summed E-state index contributed by atoms with van der Waals surface area (Å²) in [5.74, 6) is 0.702. The third-order valence-electron chi connectivity index (χ3n) is 3.92. The fourth-order valence-corrected chi connectivity index (χ4v) is 3.31. The summed E-state index contributed by atoms with van der Waals surface area (Å²) in [6.07, 6.45) is -4.33. The van der Waals surface area contributed by atoms with Crippen LogP contribution in [0.5, 0.6) is 5.75 Å². The van der Waals surface area contributed by atoms with Crippen molar-refractivity contribution in [2.75, 3.05) is 0 Å². The lowest BCUT2D eigenvalue weighted by atomic mass is 10.0. The van der Waals surface area contributed by atoms with Gasteiger partial charge < -0.3 is 9.72 Å². The molecule has 0 saturated carbocycles. The summed E-state index contributed by atoms with van der Waals surface area (Å²) >= 11 is 3.46. The van der Waals surface area contributed by atoms with Gasteiger partial charge >= 0.3 is 6.18 Å². The van der Waals surface area contributed by atoms with Gasteiger partial charge in [-0.05, 0) is 62.7 Å². The van der Waals surface area contributed by atoms with E-state index in [1.165, 1.54) is 12.1 Å². The Kier molecular flexibility index (Phi) is 4.58. The Labute approximate surface area is 152 Å². The van der Waals surface area contributed by atoms with Gasteiger partial charge in [-0.2, -0.15) is 13.2 Å². The minimum Gasteiger partial charge on any atom is -0.491 e. The number of aromatic amines is 1. The second-order valence-corrected chi connectivity index (χ2v) is 7.14. The van der Waals surface area contributed by atoms with Crippen molar-refractivity contribution in [3.05, 3.63) is 52.0 Å². The predicted octanol–water partition coefficient (Wildman–Crippen LogP) is 6.71. The van der Waals surface area contributed by atoms with E-state index in [0.29, 0.717) is 16.7 Å². The third kappa shape index (κ3) is 3.68. The van der Waals surface area contributed by atoms with Crippen LogP contribution in [0.2, 0.25) is 0 Å². The normalized spacial score (nSPS) is 12.2. The zero-order chi connectivity index (χ0) is 18.4. The maximum Gasteiger partial charge on any atom is 0.416 e. The van der Waals surface area contributed by atoms with E-state index in [0.717, 1.165) is 27.4 Å². The monoisotopic (exact) mass is 411 g/mol.